The molecule has 5 heteroatoms. The van der Waals surface area contributed by atoms with Crippen LogP contribution in [0.2, 0.25) is 0 Å². The Morgan fingerprint density at radius 2 is 2.05 bits per heavy atom. The van der Waals surface area contributed by atoms with Crippen molar-refractivity contribution in [1.29, 1.82) is 0 Å². The average molecular weight is 278 g/mol. The van der Waals surface area contributed by atoms with Gasteiger partial charge < -0.3 is 10.2 Å². The zero-order chi connectivity index (χ0) is 14.5. The summed E-state index contributed by atoms with van der Waals surface area (Å²) < 4.78 is 0. The summed E-state index contributed by atoms with van der Waals surface area (Å²) in [6.45, 7) is 9.83. The normalized spacial score (nSPS) is 16.5. The van der Waals surface area contributed by atoms with Crippen molar-refractivity contribution < 1.29 is 6.22 Å². The first kappa shape index (κ1) is 14.8. The van der Waals surface area contributed by atoms with Crippen molar-refractivity contribution in [3.05, 3.63) is 23.9 Å². The zero-order valence-electron chi connectivity index (χ0n) is 12.6. The van der Waals surface area contributed by atoms with E-state index in [-0.39, 0.29) is 7.33 Å². The third-order valence-corrected chi connectivity index (χ3v) is 3.56. The molecule has 1 fully saturated rings. The molecule has 1 aromatic heterocycles. The molecule has 2 heterocycles. The number of carbonyl (C=O) groups is 1. The molecule has 0 aliphatic carbocycles. The largest absolute Gasteiger partial charge is 0.355 e. The molecule has 1 aliphatic heterocycles. The molecule has 1 aromatic rings. The van der Waals surface area contributed by atoms with E-state index < -0.39 is 0 Å². The number of hydrogen-bond acceptors (Lipinski definition) is 4. The van der Waals surface area contributed by atoms with Crippen molar-refractivity contribution in [2.75, 3.05) is 44.7 Å². The molecular weight excluding hydrogens is 252 g/mol. The third-order valence-electron chi connectivity index (χ3n) is 3.56. The first-order valence-electron chi connectivity index (χ1n) is 7.25. The predicted molar refractivity (Wildman–Crippen MR) is 83.2 cm³/mol. The van der Waals surface area contributed by atoms with Gasteiger partial charge in [-0.15, -0.1) is 0 Å². The molecule has 0 unspecified atom stereocenters. The summed E-state index contributed by atoms with van der Waals surface area (Å²) in [7, 11) is 1.63. The summed E-state index contributed by atoms with van der Waals surface area (Å²) in [6.07, 6.45) is 1.65. The molecule has 0 radical (unpaired) electrons. The number of piperazine rings is 1. The van der Waals surface area contributed by atoms with Crippen LogP contribution in [-0.4, -0.2) is 55.6 Å². The van der Waals surface area contributed by atoms with Crippen molar-refractivity contribution >= 4 is 11.7 Å². The topological polar surface area (TPSA) is 48.5 Å². The Kier molecular flexibility index (Phi) is 4.95. The molecule has 0 spiro atoms. The second-order valence-corrected chi connectivity index (χ2v) is 5.67. The highest BCUT2D eigenvalue weighted by Gasteiger charge is 2.18. The third kappa shape index (κ3) is 3.70. The highest BCUT2D eigenvalue weighted by molar-refractivity contribution is 5.93. The minimum absolute atomic E-state index is 0. The van der Waals surface area contributed by atoms with E-state index in [1.165, 1.54) is 0 Å². The molecule has 0 aromatic carbocycles. The van der Waals surface area contributed by atoms with Crippen LogP contribution in [0.1, 0.15) is 25.6 Å². The first-order valence-corrected chi connectivity index (χ1v) is 7.25. The standard InChI is InChI=1S/C15H24N4O.H2/c1-12(2)11-18-6-8-19(9-7-18)14-5-4-13(10-17-14)15(20)16-3;/h4-5,10,12H,6-9,11H2,1-3H3,(H,16,20);1H. The van der Waals surface area contributed by atoms with Crippen molar-refractivity contribution in [3.8, 4) is 0 Å². The van der Waals surface area contributed by atoms with Gasteiger partial charge in [-0.25, -0.2) is 4.98 Å². The number of nitrogens with zero attached hydrogens (tertiary/aromatic N) is 3. The molecule has 1 aliphatic rings. The minimum atomic E-state index is -0.0918. The van der Waals surface area contributed by atoms with E-state index in [0.29, 0.717) is 11.5 Å². The van der Waals surface area contributed by atoms with Crippen molar-refractivity contribution in [1.82, 2.24) is 15.2 Å². The number of rotatable bonds is 4. The van der Waals surface area contributed by atoms with Gasteiger partial charge in [-0.05, 0) is 18.1 Å². The molecule has 112 valence electrons. The summed E-state index contributed by atoms with van der Waals surface area (Å²) in [5, 5.41) is 2.61. The Balaban J connectivity index is 0.00000220. The van der Waals surface area contributed by atoms with Crippen molar-refractivity contribution in [2.45, 2.75) is 13.8 Å². The SMILES string of the molecule is CNC(=O)c1ccc(N2CCN(CC(C)C)CC2)nc1.[HH]. The summed E-state index contributed by atoms with van der Waals surface area (Å²) in [6, 6.07) is 3.77. The van der Waals surface area contributed by atoms with Gasteiger partial charge in [-0.1, -0.05) is 13.8 Å². The summed E-state index contributed by atoms with van der Waals surface area (Å²) in [4.78, 5) is 20.7. The Bertz CT molecular complexity index is 441. The van der Waals surface area contributed by atoms with Crippen LogP contribution in [0, 0.1) is 5.92 Å². The number of pyridine rings is 1. The fourth-order valence-corrected chi connectivity index (χ4v) is 2.53. The van der Waals surface area contributed by atoms with Crippen LogP contribution < -0.4 is 10.2 Å². The quantitative estimate of drug-likeness (QED) is 0.906. The lowest BCUT2D eigenvalue weighted by molar-refractivity contribution is 0.0963. The molecule has 0 bridgehead atoms. The van der Waals surface area contributed by atoms with E-state index in [1.54, 1.807) is 13.2 Å². The lowest BCUT2D eigenvalue weighted by atomic mass is 10.2. The zero-order valence-corrected chi connectivity index (χ0v) is 12.6. The fraction of sp³-hybridized carbons (Fsp3) is 0.600. The summed E-state index contributed by atoms with van der Waals surface area (Å²) in [5.74, 6) is 1.58. The number of anilines is 1. The van der Waals surface area contributed by atoms with Crippen LogP contribution in [0.3, 0.4) is 0 Å². The number of nitrogens with one attached hydrogen (secondary N) is 1. The van der Waals surface area contributed by atoms with Gasteiger partial charge in [0.25, 0.3) is 5.91 Å². The smallest absolute Gasteiger partial charge is 0.252 e. The van der Waals surface area contributed by atoms with E-state index in [0.717, 1.165) is 38.5 Å². The van der Waals surface area contributed by atoms with E-state index in [9.17, 15) is 4.79 Å². The molecule has 5 nitrogen and oxygen atoms in total. The maximum atomic E-state index is 11.5. The van der Waals surface area contributed by atoms with Crippen LogP contribution in [0.4, 0.5) is 5.82 Å². The molecule has 0 saturated carbocycles. The molecular formula is C15H26N4O. The van der Waals surface area contributed by atoms with Gasteiger partial charge in [-0.2, -0.15) is 0 Å². The van der Waals surface area contributed by atoms with E-state index in [4.69, 9.17) is 0 Å². The van der Waals surface area contributed by atoms with Gasteiger partial charge in [0.2, 0.25) is 0 Å². The average Bonchev–Trinajstić information content (AvgIpc) is 2.47. The number of aromatic nitrogens is 1. The molecule has 0 atom stereocenters. The van der Waals surface area contributed by atoms with Gasteiger partial charge in [0.1, 0.15) is 5.82 Å². The lowest BCUT2D eigenvalue weighted by Gasteiger charge is -2.36. The second kappa shape index (κ2) is 6.70. The maximum Gasteiger partial charge on any atom is 0.252 e. The molecule has 1 amide bonds. The van der Waals surface area contributed by atoms with Crippen molar-refractivity contribution in [3.63, 3.8) is 0 Å². The van der Waals surface area contributed by atoms with Gasteiger partial charge in [-0.3, -0.25) is 9.69 Å². The minimum Gasteiger partial charge on any atom is -0.355 e. The predicted octanol–water partition coefficient (Wildman–Crippen LogP) is 1.47. The second-order valence-electron chi connectivity index (χ2n) is 5.67. The van der Waals surface area contributed by atoms with Gasteiger partial charge in [0.15, 0.2) is 0 Å². The Morgan fingerprint density at radius 3 is 2.55 bits per heavy atom. The highest BCUT2D eigenvalue weighted by Crippen LogP contribution is 2.14. The van der Waals surface area contributed by atoms with Crippen LogP contribution in [0.25, 0.3) is 0 Å². The number of carbonyl (C=O) groups excluding carboxylic acids is 1. The molecule has 1 saturated heterocycles. The Morgan fingerprint density at radius 1 is 1.35 bits per heavy atom. The van der Waals surface area contributed by atoms with Gasteiger partial charge >= 0.3 is 0 Å². The first-order chi connectivity index (χ1) is 9.60. The number of amides is 1. The monoisotopic (exact) mass is 278 g/mol. The van der Waals surface area contributed by atoms with E-state index >= 15 is 0 Å². The van der Waals surface area contributed by atoms with Gasteiger partial charge in [0, 0.05) is 47.4 Å². The molecule has 2 rings (SSSR count). The Labute approximate surface area is 122 Å². The number of hydrogen-bond donors (Lipinski definition) is 1. The highest BCUT2D eigenvalue weighted by atomic mass is 16.1. The molecule has 20 heavy (non-hydrogen) atoms. The molecule has 1 N–H and O–H groups in total. The van der Waals surface area contributed by atoms with Crippen LogP contribution in [-0.2, 0) is 0 Å². The maximum absolute atomic E-state index is 11.5. The van der Waals surface area contributed by atoms with E-state index in [2.05, 4.69) is 33.9 Å². The lowest BCUT2D eigenvalue weighted by Crippen LogP contribution is -2.47. The van der Waals surface area contributed by atoms with E-state index in [1.807, 2.05) is 12.1 Å². The van der Waals surface area contributed by atoms with Gasteiger partial charge in [0.05, 0.1) is 5.56 Å². The Hall–Kier alpha value is -1.62. The summed E-state index contributed by atoms with van der Waals surface area (Å²) >= 11 is 0. The van der Waals surface area contributed by atoms with Crippen LogP contribution in [0.15, 0.2) is 18.3 Å². The summed E-state index contributed by atoms with van der Waals surface area (Å²) in [5.41, 5.74) is 0.606. The fourth-order valence-electron chi connectivity index (χ4n) is 2.53. The van der Waals surface area contributed by atoms with Crippen LogP contribution >= 0.6 is 0 Å². The van der Waals surface area contributed by atoms with Crippen molar-refractivity contribution in [2.24, 2.45) is 5.92 Å². The van der Waals surface area contributed by atoms with Crippen LogP contribution in [0.5, 0.6) is 0 Å².